The second-order valence-electron chi connectivity index (χ2n) is 7.56. The predicted octanol–water partition coefficient (Wildman–Crippen LogP) is 4.08. The standard InChI is InChI=1S/C26H24FN3O3/c1-3-29(17-14-18-12-15-28-16-13-18)24-23(19-4-6-20(27)7-5-19)25(31)30(26(24)32)21-8-10-22(33-2)11-9-21/h4-13,15-16H,3,14,17H2,1-2H3. The Morgan fingerprint density at radius 3 is 2.21 bits per heavy atom. The molecule has 1 aliphatic heterocycles. The van der Waals surface area contributed by atoms with Crippen molar-refractivity contribution in [2.75, 3.05) is 25.1 Å². The molecule has 0 saturated carbocycles. The Kier molecular flexibility index (Phi) is 6.49. The number of aromatic nitrogens is 1. The van der Waals surface area contributed by atoms with Crippen LogP contribution in [0.1, 0.15) is 18.1 Å². The van der Waals surface area contributed by atoms with E-state index in [0.717, 1.165) is 5.56 Å². The van der Waals surface area contributed by atoms with E-state index in [1.165, 1.54) is 29.2 Å². The van der Waals surface area contributed by atoms with Crippen LogP contribution in [0.15, 0.2) is 78.8 Å². The highest BCUT2D eigenvalue weighted by molar-refractivity contribution is 6.45. The molecule has 168 valence electrons. The van der Waals surface area contributed by atoms with E-state index in [-0.39, 0.29) is 5.57 Å². The maximum absolute atomic E-state index is 13.6. The van der Waals surface area contributed by atoms with Crippen molar-refractivity contribution in [3.63, 3.8) is 0 Å². The molecule has 0 aliphatic carbocycles. The molecular formula is C26H24FN3O3. The van der Waals surface area contributed by atoms with Crippen molar-refractivity contribution in [3.05, 3.63) is 95.7 Å². The van der Waals surface area contributed by atoms with E-state index in [2.05, 4.69) is 4.98 Å². The Balaban J connectivity index is 1.74. The Morgan fingerprint density at radius 1 is 0.939 bits per heavy atom. The second kappa shape index (κ2) is 9.65. The number of amides is 2. The lowest BCUT2D eigenvalue weighted by Crippen LogP contribution is -2.36. The first-order chi connectivity index (χ1) is 16.0. The van der Waals surface area contributed by atoms with E-state index in [9.17, 15) is 14.0 Å². The third-order valence-corrected chi connectivity index (χ3v) is 5.64. The van der Waals surface area contributed by atoms with Gasteiger partial charge in [0.05, 0.1) is 18.4 Å². The monoisotopic (exact) mass is 445 g/mol. The van der Waals surface area contributed by atoms with Crippen molar-refractivity contribution in [2.24, 2.45) is 0 Å². The van der Waals surface area contributed by atoms with Gasteiger partial charge in [-0.25, -0.2) is 9.29 Å². The van der Waals surface area contributed by atoms with Crippen molar-refractivity contribution in [1.82, 2.24) is 9.88 Å². The lowest BCUT2D eigenvalue weighted by Gasteiger charge is -2.25. The zero-order valence-electron chi connectivity index (χ0n) is 18.5. The molecule has 0 bridgehead atoms. The third-order valence-electron chi connectivity index (χ3n) is 5.64. The topological polar surface area (TPSA) is 62.7 Å². The molecule has 2 aromatic carbocycles. The van der Waals surface area contributed by atoms with Crippen molar-refractivity contribution in [3.8, 4) is 5.75 Å². The SMILES string of the molecule is CCN(CCc1ccncc1)C1=C(c2ccc(F)cc2)C(=O)N(c2ccc(OC)cc2)C1=O. The third kappa shape index (κ3) is 4.48. The van der Waals surface area contributed by atoms with Crippen molar-refractivity contribution < 1.29 is 18.7 Å². The number of halogens is 1. The summed E-state index contributed by atoms with van der Waals surface area (Å²) in [5.74, 6) is -0.623. The van der Waals surface area contributed by atoms with E-state index >= 15 is 0 Å². The first-order valence-corrected chi connectivity index (χ1v) is 10.7. The molecule has 4 rings (SSSR count). The Labute approximate surface area is 191 Å². The average molecular weight is 445 g/mol. The summed E-state index contributed by atoms with van der Waals surface area (Å²) in [6.07, 6.45) is 4.13. The highest BCUT2D eigenvalue weighted by atomic mass is 19.1. The summed E-state index contributed by atoms with van der Waals surface area (Å²) in [5, 5.41) is 0. The van der Waals surface area contributed by atoms with Crippen LogP contribution >= 0.6 is 0 Å². The number of imide groups is 1. The summed E-state index contributed by atoms with van der Waals surface area (Å²) in [6.45, 7) is 3.01. The maximum Gasteiger partial charge on any atom is 0.282 e. The maximum atomic E-state index is 13.6. The minimum atomic E-state index is -0.436. The van der Waals surface area contributed by atoms with Crippen LogP contribution in [0.5, 0.6) is 5.75 Å². The summed E-state index contributed by atoms with van der Waals surface area (Å²) in [5.41, 5.74) is 2.62. The quantitative estimate of drug-likeness (QED) is 0.489. The molecule has 7 heteroatoms. The van der Waals surface area contributed by atoms with Crippen LogP contribution in [0.25, 0.3) is 5.57 Å². The van der Waals surface area contributed by atoms with E-state index in [1.54, 1.807) is 43.8 Å². The summed E-state index contributed by atoms with van der Waals surface area (Å²) < 4.78 is 18.8. The molecule has 6 nitrogen and oxygen atoms in total. The number of carbonyl (C=O) groups excluding carboxylic acids is 2. The number of hydrogen-bond acceptors (Lipinski definition) is 5. The smallest absolute Gasteiger partial charge is 0.282 e. The van der Waals surface area contributed by atoms with Gasteiger partial charge >= 0.3 is 0 Å². The summed E-state index contributed by atoms with van der Waals surface area (Å²) >= 11 is 0. The number of nitrogens with zero attached hydrogens (tertiary/aromatic N) is 3. The van der Waals surface area contributed by atoms with E-state index in [1.807, 2.05) is 24.0 Å². The number of ether oxygens (including phenoxy) is 1. The number of methoxy groups -OCH3 is 1. The van der Waals surface area contributed by atoms with Crippen LogP contribution in [0.2, 0.25) is 0 Å². The van der Waals surface area contributed by atoms with Gasteiger partial charge in [0.15, 0.2) is 0 Å². The number of rotatable bonds is 8. The molecule has 33 heavy (non-hydrogen) atoms. The fourth-order valence-electron chi connectivity index (χ4n) is 3.90. The Hall–Kier alpha value is -4.00. The lowest BCUT2D eigenvalue weighted by atomic mass is 10.0. The van der Waals surface area contributed by atoms with Crippen LogP contribution in [0, 0.1) is 5.82 Å². The largest absolute Gasteiger partial charge is 0.497 e. The van der Waals surface area contributed by atoms with Crippen molar-refractivity contribution >= 4 is 23.1 Å². The van der Waals surface area contributed by atoms with Crippen LogP contribution in [-0.2, 0) is 16.0 Å². The van der Waals surface area contributed by atoms with Crippen molar-refractivity contribution in [1.29, 1.82) is 0 Å². The Morgan fingerprint density at radius 2 is 1.61 bits per heavy atom. The normalized spacial score (nSPS) is 13.6. The number of anilines is 1. The number of pyridine rings is 1. The number of benzene rings is 2. The molecule has 0 atom stereocenters. The van der Waals surface area contributed by atoms with Gasteiger partial charge in [0.25, 0.3) is 11.8 Å². The van der Waals surface area contributed by atoms with Gasteiger partial charge in [0.2, 0.25) is 0 Å². The van der Waals surface area contributed by atoms with E-state index in [4.69, 9.17) is 4.74 Å². The first kappa shape index (κ1) is 22.2. The van der Waals surface area contributed by atoms with Gasteiger partial charge in [-0.15, -0.1) is 0 Å². The Bertz CT molecular complexity index is 1180. The molecule has 1 aliphatic rings. The second-order valence-corrected chi connectivity index (χ2v) is 7.56. The predicted molar refractivity (Wildman–Crippen MR) is 124 cm³/mol. The molecule has 3 aromatic rings. The number of carbonyl (C=O) groups is 2. The molecule has 0 unspecified atom stereocenters. The zero-order chi connectivity index (χ0) is 23.4. The fraction of sp³-hybridized carbons (Fsp3) is 0.192. The van der Waals surface area contributed by atoms with Gasteiger partial charge in [-0.3, -0.25) is 14.6 Å². The minimum Gasteiger partial charge on any atom is -0.497 e. The highest BCUT2D eigenvalue weighted by Crippen LogP contribution is 2.35. The van der Waals surface area contributed by atoms with Gasteiger partial charge in [-0.2, -0.15) is 0 Å². The molecule has 0 fully saturated rings. The van der Waals surface area contributed by atoms with Gasteiger partial charge in [-0.1, -0.05) is 12.1 Å². The van der Waals surface area contributed by atoms with Crippen LogP contribution in [-0.4, -0.2) is 41.9 Å². The van der Waals surface area contributed by atoms with Crippen LogP contribution < -0.4 is 9.64 Å². The molecule has 0 saturated heterocycles. The molecule has 2 amide bonds. The summed E-state index contributed by atoms with van der Waals surface area (Å²) in [4.78, 5) is 34.3. The summed E-state index contributed by atoms with van der Waals surface area (Å²) in [7, 11) is 1.55. The van der Waals surface area contributed by atoms with Gasteiger partial charge in [0, 0.05) is 25.5 Å². The van der Waals surface area contributed by atoms with Crippen molar-refractivity contribution in [2.45, 2.75) is 13.3 Å². The highest BCUT2D eigenvalue weighted by Gasteiger charge is 2.42. The van der Waals surface area contributed by atoms with Gasteiger partial charge < -0.3 is 9.64 Å². The number of hydrogen-bond donors (Lipinski definition) is 0. The van der Waals surface area contributed by atoms with Gasteiger partial charge in [0.1, 0.15) is 17.3 Å². The molecule has 0 N–H and O–H groups in total. The molecule has 1 aromatic heterocycles. The molecule has 0 radical (unpaired) electrons. The van der Waals surface area contributed by atoms with Crippen LogP contribution in [0.4, 0.5) is 10.1 Å². The lowest BCUT2D eigenvalue weighted by molar-refractivity contribution is -0.120. The average Bonchev–Trinajstić information content (AvgIpc) is 3.11. The summed E-state index contributed by atoms with van der Waals surface area (Å²) in [6, 6.07) is 16.2. The van der Waals surface area contributed by atoms with E-state index in [0.29, 0.717) is 42.2 Å². The molecule has 2 heterocycles. The zero-order valence-corrected chi connectivity index (χ0v) is 18.5. The van der Waals surface area contributed by atoms with Gasteiger partial charge in [-0.05, 0) is 73.0 Å². The first-order valence-electron chi connectivity index (χ1n) is 10.7. The molecular weight excluding hydrogens is 421 g/mol. The molecule has 0 spiro atoms. The van der Waals surface area contributed by atoms with E-state index < -0.39 is 17.6 Å². The number of likely N-dealkylation sites (N-methyl/N-ethyl adjacent to an activating group) is 1. The fourth-order valence-corrected chi connectivity index (χ4v) is 3.90. The minimum absolute atomic E-state index is 0.271. The van der Waals surface area contributed by atoms with Crippen LogP contribution in [0.3, 0.4) is 0 Å².